The first kappa shape index (κ1) is 11.4. The Morgan fingerprint density at radius 3 is 2.88 bits per heavy atom. The highest BCUT2D eigenvalue weighted by Gasteiger charge is 2.16. The number of aromatic nitrogens is 2. The Morgan fingerprint density at radius 1 is 1.44 bits per heavy atom. The van der Waals surface area contributed by atoms with Gasteiger partial charge in [-0.25, -0.2) is 0 Å². The summed E-state index contributed by atoms with van der Waals surface area (Å²) in [6.07, 6.45) is 3.79. The molecule has 0 aliphatic carbocycles. The fourth-order valence-corrected chi connectivity index (χ4v) is 2.39. The van der Waals surface area contributed by atoms with Crippen LogP contribution in [0.15, 0.2) is 6.58 Å². The van der Waals surface area contributed by atoms with E-state index in [0.717, 1.165) is 24.0 Å². The minimum atomic E-state index is 0.622. The fourth-order valence-electron chi connectivity index (χ4n) is 1.79. The van der Waals surface area contributed by atoms with Crippen molar-refractivity contribution >= 4 is 23.2 Å². The molecule has 1 aromatic heterocycles. The van der Waals surface area contributed by atoms with Crippen LogP contribution in [0, 0.1) is 0 Å². The standard InChI is InChI=1S/C11H17N3OS/c1-3-15-9(2)10-12-11(13-16-10)14-7-5-4-6-8-14/h2-8H2,1H3. The molecule has 5 heteroatoms. The third kappa shape index (κ3) is 2.52. The van der Waals surface area contributed by atoms with Crippen LogP contribution in [0.5, 0.6) is 0 Å². The van der Waals surface area contributed by atoms with Gasteiger partial charge in [-0.2, -0.15) is 9.36 Å². The molecule has 1 aliphatic heterocycles. The Bertz CT molecular complexity index is 358. The number of ether oxygens (including phenoxy) is 1. The quantitative estimate of drug-likeness (QED) is 0.757. The SMILES string of the molecule is C=C(OCC)c1nc(N2CCCCC2)ns1. The minimum Gasteiger partial charge on any atom is -0.491 e. The smallest absolute Gasteiger partial charge is 0.237 e. The average molecular weight is 239 g/mol. The zero-order chi connectivity index (χ0) is 11.4. The summed E-state index contributed by atoms with van der Waals surface area (Å²) >= 11 is 1.36. The Hall–Kier alpha value is -1.10. The van der Waals surface area contributed by atoms with E-state index in [4.69, 9.17) is 4.74 Å². The average Bonchev–Trinajstić information content (AvgIpc) is 2.80. The predicted octanol–water partition coefficient (Wildman–Crippen LogP) is 2.54. The van der Waals surface area contributed by atoms with Crippen LogP contribution in [0.25, 0.3) is 5.76 Å². The van der Waals surface area contributed by atoms with Crippen LogP contribution in [0.2, 0.25) is 0 Å². The molecule has 4 nitrogen and oxygen atoms in total. The summed E-state index contributed by atoms with van der Waals surface area (Å²) in [6.45, 7) is 8.54. The van der Waals surface area contributed by atoms with E-state index in [-0.39, 0.29) is 0 Å². The second-order valence-electron chi connectivity index (χ2n) is 3.80. The molecular formula is C11H17N3OS. The van der Waals surface area contributed by atoms with E-state index in [2.05, 4.69) is 20.8 Å². The molecule has 0 N–H and O–H groups in total. The van der Waals surface area contributed by atoms with Gasteiger partial charge < -0.3 is 9.64 Å². The van der Waals surface area contributed by atoms with Gasteiger partial charge in [-0.1, -0.05) is 6.58 Å². The van der Waals surface area contributed by atoms with Crippen LogP contribution in [-0.4, -0.2) is 29.1 Å². The molecule has 0 radical (unpaired) electrons. The van der Waals surface area contributed by atoms with Gasteiger partial charge in [0, 0.05) is 13.1 Å². The molecule has 1 saturated heterocycles. The van der Waals surface area contributed by atoms with Crippen LogP contribution in [0.4, 0.5) is 5.95 Å². The molecule has 0 amide bonds. The Kier molecular flexibility index (Phi) is 3.77. The van der Waals surface area contributed by atoms with E-state index < -0.39 is 0 Å². The lowest BCUT2D eigenvalue weighted by molar-refractivity contribution is 0.299. The number of hydrogen-bond acceptors (Lipinski definition) is 5. The van der Waals surface area contributed by atoms with Crippen LogP contribution in [0.1, 0.15) is 31.2 Å². The van der Waals surface area contributed by atoms with Crippen molar-refractivity contribution in [3.05, 3.63) is 11.6 Å². The highest BCUT2D eigenvalue weighted by molar-refractivity contribution is 7.06. The monoisotopic (exact) mass is 239 g/mol. The topological polar surface area (TPSA) is 38.2 Å². The van der Waals surface area contributed by atoms with Crippen LogP contribution >= 0.6 is 11.5 Å². The molecule has 2 rings (SSSR count). The van der Waals surface area contributed by atoms with Gasteiger partial charge in [0.2, 0.25) is 5.95 Å². The van der Waals surface area contributed by atoms with E-state index >= 15 is 0 Å². The van der Waals surface area contributed by atoms with Crippen molar-refractivity contribution in [1.82, 2.24) is 9.36 Å². The lowest BCUT2D eigenvalue weighted by atomic mass is 10.1. The molecule has 16 heavy (non-hydrogen) atoms. The first-order valence-electron chi connectivity index (χ1n) is 5.72. The van der Waals surface area contributed by atoms with Gasteiger partial charge in [0.25, 0.3) is 0 Å². The Morgan fingerprint density at radius 2 is 2.19 bits per heavy atom. The van der Waals surface area contributed by atoms with E-state index in [9.17, 15) is 0 Å². The van der Waals surface area contributed by atoms with E-state index in [1.165, 1.54) is 30.8 Å². The van der Waals surface area contributed by atoms with Gasteiger partial charge in [-0.05, 0) is 37.7 Å². The molecule has 1 aromatic rings. The van der Waals surface area contributed by atoms with Gasteiger partial charge in [-0.3, -0.25) is 0 Å². The van der Waals surface area contributed by atoms with E-state index in [1.807, 2.05) is 6.92 Å². The summed E-state index contributed by atoms with van der Waals surface area (Å²) in [5.74, 6) is 1.46. The molecule has 1 fully saturated rings. The van der Waals surface area contributed by atoms with Gasteiger partial charge >= 0.3 is 0 Å². The molecule has 0 saturated carbocycles. The Balaban J connectivity index is 2.03. The van der Waals surface area contributed by atoms with E-state index in [0.29, 0.717) is 12.4 Å². The third-order valence-electron chi connectivity index (χ3n) is 2.61. The summed E-state index contributed by atoms with van der Waals surface area (Å²) in [5.41, 5.74) is 0. The van der Waals surface area contributed by atoms with Crippen LogP contribution in [-0.2, 0) is 4.74 Å². The highest BCUT2D eigenvalue weighted by atomic mass is 32.1. The lowest BCUT2D eigenvalue weighted by Gasteiger charge is -2.25. The normalized spacial score (nSPS) is 16.2. The van der Waals surface area contributed by atoms with Crippen molar-refractivity contribution in [2.75, 3.05) is 24.6 Å². The maximum absolute atomic E-state index is 5.32. The maximum Gasteiger partial charge on any atom is 0.237 e. The van der Waals surface area contributed by atoms with Crippen molar-refractivity contribution < 1.29 is 4.74 Å². The third-order valence-corrected chi connectivity index (χ3v) is 3.36. The van der Waals surface area contributed by atoms with Gasteiger partial charge in [0.05, 0.1) is 6.61 Å². The zero-order valence-electron chi connectivity index (χ0n) is 9.61. The minimum absolute atomic E-state index is 0.622. The molecule has 88 valence electrons. The first-order valence-corrected chi connectivity index (χ1v) is 6.49. The summed E-state index contributed by atoms with van der Waals surface area (Å²) in [7, 11) is 0. The van der Waals surface area contributed by atoms with Crippen molar-refractivity contribution in [2.24, 2.45) is 0 Å². The number of hydrogen-bond donors (Lipinski definition) is 0. The molecular weight excluding hydrogens is 222 g/mol. The zero-order valence-corrected chi connectivity index (χ0v) is 10.4. The summed E-state index contributed by atoms with van der Waals surface area (Å²) in [4.78, 5) is 6.70. The van der Waals surface area contributed by atoms with Crippen molar-refractivity contribution in [1.29, 1.82) is 0 Å². The molecule has 0 atom stereocenters. The predicted molar refractivity (Wildman–Crippen MR) is 66.6 cm³/mol. The number of nitrogens with zero attached hydrogens (tertiary/aromatic N) is 3. The molecule has 0 spiro atoms. The lowest BCUT2D eigenvalue weighted by Crippen LogP contribution is -2.30. The summed E-state index contributed by atoms with van der Waals surface area (Å²) in [6, 6.07) is 0. The van der Waals surface area contributed by atoms with Crippen LogP contribution in [0.3, 0.4) is 0 Å². The number of anilines is 1. The van der Waals surface area contributed by atoms with Gasteiger partial charge in [0.1, 0.15) is 5.76 Å². The van der Waals surface area contributed by atoms with Crippen LogP contribution < -0.4 is 4.90 Å². The van der Waals surface area contributed by atoms with Crippen molar-refractivity contribution in [3.63, 3.8) is 0 Å². The molecule has 0 bridgehead atoms. The molecule has 1 aliphatic rings. The molecule has 0 unspecified atom stereocenters. The Labute approximate surface area is 100 Å². The van der Waals surface area contributed by atoms with Gasteiger partial charge in [-0.15, -0.1) is 0 Å². The summed E-state index contributed by atoms with van der Waals surface area (Å²) in [5, 5.41) is 0.794. The number of rotatable bonds is 4. The first-order chi connectivity index (χ1) is 7.81. The van der Waals surface area contributed by atoms with E-state index in [1.54, 1.807) is 0 Å². The largest absolute Gasteiger partial charge is 0.491 e. The summed E-state index contributed by atoms with van der Waals surface area (Å²) < 4.78 is 9.68. The fraction of sp³-hybridized carbons (Fsp3) is 0.636. The second kappa shape index (κ2) is 5.30. The van der Waals surface area contributed by atoms with Crippen molar-refractivity contribution in [2.45, 2.75) is 26.2 Å². The maximum atomic E-state index is 5.32. The van der Waals surface area contributed by atoms with Gasteiger partial charge in [0.15, 0.2) is 5.01 Å². The highest BCUT2D eigenvalue weighted by Crippen LogP contribution is 2.22. The molecule has 2 heterocycles. The molecule has 0 aromatic carbocycles. The second-order valence-corrected chi connectivity index (χ2v) is 4.56. The number of piperidine rings is 1. The van der Waals surface area contributed by atoms with Crippen molar-refractivity contribution in [3.8, 4) is 0 Å².